The largest absolute Gasteiger partial charge is 0.573 e. The minimum absolute atomic E-state index is 0.273. The molecule has 0 bridgehead atoms. The first-order chi connectivity index (χ1) is 13.4. The van der Waals surface area contributed by atoms with Crippen molar-refractivity contribution in [2.24, 2.45) is 5.92 Å². The second kappa shape index (κ2) is 7.18. The molecule has 4 rings (SSSR count). The summed E-state index contributed by atoms with van der Waals surface area (Å²) in [6.45, 7) is 1.91. The molecule has 1 aliphatic rings. The van der Waals surface area contributed by atoms with Gasteiger partial charge in [-0.05, 0) is 56.4 Å². The fraction of sp³-hybridized carbons (Fsp3) is 0.300. The first kappa shape index (κ1) is 18.3. The first-order valence-corrected chi connectivity index (χ1v) is 9.00. The van der Waals surface area contributed by atoms with Crippen molar-refractivity contribution in [2.75, 3.05) is 5.32 Å². The van der Waals surface area contributed by atoms with E-state index in [0.717, 1.165) is 23.4 Å². The molecule has 146 valence electrons. The molecule has 0 saturated heterocycles. The quantitative estimate of drug-likeness (QED) is 0.633. The number of rotatable bonds is 6. The number of nitrogens with zero attached hydrogens (tertiary/aromatic N) is 3. The topological polar surface area (TPSA) is 52.0 Å². The highest BCUT2D eigenvalue weighted by Gasteiger charge is 2.31. The number of hydrogen-bond acceptors (Lipinski definition) is 4. The number of anilines is 2. The van der Waals surface area contributed by atoms with Gasteiger partial charge in [-0.2, -0.15) is 0 Å². The van der Waals surface area contributed by atoms with Crippen molar-refractivity contribution in [1.82, 2.24) is 14.8 Å². The van der Waals surface area contributed by atoms with Crippen LogP contribution in [0.25, 0.3) is 5.69 Å². The van der Waals surface area contributed by atoms with E-state index in [0.29, 0.717) is 17.4 Å². The minimum atomic E-state index is -4.73. The van der Waals surface area contributed by atoms with Gasteiger partial charge >= 0.3 is 6.36 Å². The summed E-state index contributed by atoms with van der Waals surface area (Å²) in [5.74, 6) is 0.994. The van der Waals surface area contributed by atoms with Crippen molar-refractivity contribution < 1.29 is 17.9 Å². The van der Waals surface area contributed by atoms with E-state index >= 15 is 0 Å². The average molecular weight is 388 g/mol. The SMILES string of the molecule is Cc1cc(-n2cc(CC3CC3)c(Nc3cccc(OC(F)(F)F)c3)n2)ccn1. The highest BCUT2D eigenvalue weighted by molar-refractivity contribution is 5.61. The highest BCUT2D eigenvalue weighted by Crippen LogP contribution is 2.35. The van der Waals surface area contributed by atoms with E-state index in [9.17, 15) is 13.2 Å². The molecule has 2 aromatic heterocycles. The maximum atomic E-state index is 12.5. The number of aromatic nitrogens is 3. The van der Waals surface area contributed by atoms with Crippen LogP contribution in [0.5, 0.6) is 5.75 Å². The highest BCUT2D eigenvalue weighted by atomic mass is 19.4. The molecule has 1 aromatic carbocycles. The van der Waals surface area contributed by atoms with Crippen molar-refractivity contribution in [3.05, 3.63) is 60.0 Å². The Morgan fingerprint density at radius 1 is 1.21 bits per heavy atom. The number of benzene rings is 1. The van der Waals surface area contributed by atoms with Crippen LogP contribution in [0, 0.1) is 12.8 Å². The summed E-state index contributed by atoms with van der Waals surface area (Å²) in [5, 5.41) is 7.76. The average Bonchev–Trinajstić information content (AvgIpc) is 3.34. The molecular weight excluding hydrogens is 369 g/mol. The van der Waals surface area contributed by atoms with Crippen LogP contribution in [0.15, 0.2) is 48.8 Å². The van der Waals surface area contributed by atoms with Gasteiger partial charge in [-0.25, -0.2) is 4.68 Å². The lowest BCUT2D eigenvalue weighted by Gasteiger charge is -2.11. The Bertz CT molecular complexity index is 980. The number of hydrogen-bond donors (Lipinski definition) is 1. The Labute approximate surface area is 160 Å². The normalized spacial score (nSPS) is 14.1. The maximum Gasteiger partial charge on any atom is 0.573 e. The third-order valence-electron chi connectivity index (χ3n) is 4.47. The van der Waals surface area contributed by atoms with Gasteiger partial charge in [0.05, 0.1) is 5.69 Å². The van der Waals surface area contributed by atoms with Crippen molar-refractivity contribution in [3.8, 4) is 11.4 Å². The van der Waals surface area contributed by atoms with Crippen molar-refractivity contribution in [1.29, 1.82) is 0 Å². The summed E-state index contributed by atoms with van der Waals surface area (Å²) in [7, 11) is 0. The zero-order valence-electron chi connectivity index (χ0n) is 15.2. The van der Waals surface area contributed by atoms with E-state index in [1.54, 1.807) is 16.9 Å². The van der Waals surface area contributed by atoms with Gasteiger partial charge in [0, 0.05) is 35.4 Å². The lowest BCUT2D eigenvalue weighted by atomic mass is 10.1. The lowest BCUT2D eigenvalue weighted by molar-refractivity contribution is -0.274. The third kappa shape index (κ3) is 4.62. The van der Waals surface area contributed by atoms with Crippen LogP contribution in [0.2, 0.25) is 0 Å². The van der Waals surface area contributed by atoms with Gasteiger partial charge < -0.3 is 10.1 Å². The van der Waals surface area contributed by atoms with E-state index in [1.165, 1.54) is 31.0 Å². The molecule has 3 aromatic rings. The van der Waals surface area contributed by atoms with Gasteiger partial charge in [0.15, 0.2) is 5.82 Å². The fourth-order valence-electron chi connectivity index (χ4n) is 3.01. The van der Waals surface area contributed by atoms with E-state index in [2.05, 4.69) is 20.1 Å². The Morgan fingerprint density at radius 3 is 2.75 bits per heavy atom. The van der Waals surface area contributed by atoms with Crippen LogP contribution in [0.1, 0.15) is 24.1 Å². The Hall–Kier alpha value is -3.03. The molecule has 1 fully saturated rings. The van der Waals surface area contributed by atoms with Gasteiger partial charge in [0.1, 0.15) is 5.75 Å². The van der Waals surface area contributed by atoms with Crippen molar-refractivity contribution >= 4 is 11.5 Å². The summed E-state index contributed by atoms with van der Waals surface area (Å²) < 4.78 is 43.2. The molecule has 1 saturated carbocycles. The molecule has 0 atom stereocenters. The van der Waals surface area contributed by atoms with Gasteiger partial charge in [-0.3, -0.25) is 4.98 Å². The second-order valence-corrected chi connectivity index (χ2v) is 6.95. The predicted octanol–water partition coefficient (Wildman–Crippen LogP) is 5.17. The number of ether oxygens (including phenoxy) is 1. The van der Waals surface area contributed by atoms with E-state index in [1.807, 2.05) is 25.3 Å². The zero-order chi connectivity index (χ0) is 19.7. The summed E-state index contributed by atoms with van der Waals surface area (Å²) in [5.41, 5.74) is 3.27. The molecule has 0 radical (unpaired) electrons. The number of pyridine rings is 1. The molecule has 1 aliphatic carbocycles. The van der Waals surface area contributed by atoms with Crippen molar-refractivity contribution in [2.45, 2.75) is 32.5 Å². The number of nitrogens with one attached hydrogen (secondary N) is 1. The van der Waals surface area contributed by atoms with Gasteiger partial charge in [0.25, 0.3) is 0 Å². The van der Waals surface area contributed by atoms with E-state index in [-0.39, 0.29) is 5.75 Å². The van der Waals surface area contributed by atoms with Gasteiger partial charge in [0.2, 0.25) is 0 Å². The molecule has 5 nitrogen and oxygen atoms in total. The molecule has 0 unspecified atom stereocenters. The van der Waals surface area contributed by atoms with Crippen LogP contribution >= 0.6 is 0 Å². The minimum Gasteiger partial charge on any atom is -0.406 e. The second-order valence-electron chi connectivity index (χ2n) is 6.95. The first-order valence-electron chi connectivity index (χ1n) is 9.00. The van der Waals surface area contributed by atoms with Crippen molar-refractivity contribution in [3.63, 3.8) is 0 Å². The summed E-state index contributed by atoms with van der Waals surface area (Å²) in [6.07, 6.45) is 2.22. The van der Waals surface area contributed by atoms with Crippen LogP contribution < -0.4 is 10.1 Å². The molecule has 2 heterocycles. The summed E-state index contributed by atoms with van der Waals surface area (Å²) >= 11 is 0. The third-order valence-corrected chi connectivity index (χ3v) is 4.47. The number of alkyl halides is 3. The summed E-state index contributed by atoms with van der Waals surface area (Å²) in [6, 6.07) is 9.55. The van der Waals surface area contributed by atoms with Crippen LogP contribution in [-0.4, -0.2) is 21.1 Å². The maximum absolute atomic E-state index is 12.5. The van der Waals surface area contributed by atoms with Crippen LogP contribution in [-0.2, 0) is 6.42 Å². The molecule has 8 heteroatoms. The molecule has 0 spiro atoms. The monoisotopic (exact) mass is 388 g/mol. The Morgan fingerprint density at radius 2 is 2.04 bits per heavy atom. The standard InChI is InChI=1S/C20H19F3N4O/c1-13-9-17(7-8-24-13)27-12-15(10-14-5-6-14)19(26-27)25-16-3-2-4-18(11-16)28-20(21,22)23/h2-4,7-9,11-12,14H,5-6,10H2,1H3,(H,25,26). The number of aryl methyl sites for hydroxylation is 1. The molecular formula is C20H19F3N4O. The smallest absolute Gasteiger partial charge is 0.406 e. The van der Waals surface area contributed by atoms with E-state index in [4.69, 9.17) is 0 Å². The fourth-order valence-corrected chi connectivity index (χ4v) is 3.01. The number of halogens is 3. The van der Waals surface area contributed by atoms with Gasteiger partial charge in [-0.15, -0.1) is 18.3 Å². The van der Waals surface area contributed by atoms with E-state index < -0.39 is 6.36 Å². The van der Waals surface area contributed by atoms with Crippen LogP contribution in [0.4, 0.5) is 24.7 Å². The van der Waals surface area contributed by atoms with Crippen LogP contribution in [0.3, 0.4) is 0 Å². The predicted molar refractivity (Wildman–Crippen MR) is 98.9 cm³/mol. The molecule has 1 N–H and O–H groups in total. The lowest BCUT2D eigenvalue weighted by Crippen LogP contribution is -2.17. The molecule has 0 amide bonds. The Kier molecular flexibility index (Phi) is 4.70. The summed E-state index contributed by atoms with van der Waals surface area (Å²) in [4.78, 5) is 4.20. The van der Waals surface area contributed by atoms with Gasteiger partial charge in [-0.1, -0.05) is 6.07 Å². The molecule has 28 heavy (non-hydrogen) atoms. The molecule has 0 aliphatic heterocycles. The zero-order valence-corrected chi connectivity index (χ0v) is 15.2. The Balaban J connectivity index is 1.62.